The average Bonchev–Trinajstić information content (AvgIpc) is 3.23. The summed E-state index contributed by atoms with van der Waals surface area (Å²) < 4.78 is 18.3. The maximum absolute atomic E-state index is 12.8. The van der Waals surface area contributed by atoms with Crippen molar-refractivity contribution in [3.8, 4) is 0 Å². The van der Waals surface area contributed by atoms with Gasteiger partial charge in [0.05, 0.1) is 16.6 Å². The fraction of sp³-hybridized carbons (Fsp3) is 0.261. The molecule has 1 aliphatic rings. The number of furan rings is 1. The third kappa shape index (κ3) is 4.77. The highest BCUT2D eigenvalue weighted by Gasteiger charge is 2.24. The monoisotopic (exact) mass is 442 g/mol. The van der Waals surface area contributed by atoms with Crippen molar-refractivity contribution in [2.24, 2.45) is 0 Å². The Balaban J connectivity index is 1.34. The van der Waals surface area contributed by atoms with Gasteiger partial charge in [0.25, 0.3) is 5.91 Å². The standard InChI is InChI=1S/C23H23ClN2O3S/c1-17-2-9-21(10-3-17)30(28)16-20-8-11-22(29-20)23(27)26-14-12-25(13-15-26)19-6-4-18(24)5-7-19/h2-11H,12-16H2,1H3/t30-/m0/s1. The molecule has 30 heavy (non-hydrogen) atoms. The number of hydrogen-bond donors (Lipinski definition) is 0. The quantitative estimate of drug-likeness (QED) is 0.583. The van der Waals surface area contributed by atoms with Gasteiger partial charge in [-0.1, -0.05) is 29.3 Å². The molecule has 0 bridgehead atoms. The first-order valence-corrected chi connectivity index (χ1v) is 11.5. The molecule has 3 aromatic rings. The van der Waals surface area contributed by atoms with Gasteiger partial charge in [0.2, 0.25) is 0 Å². The molecule has 1 atom stereocenters. The summed E-state index contributed by atoms with van der Waals surface area (Å²) in [6.07, 6.45) is 0. The molecule has 1 amide bonds. The van der Waals surface area contributed by atoms with Gasteiger partial charge in [-0.2, -0.15) is 0 Å². The molecule has 0 N–H and O–H groups in total. The highest BCUT2D eigenvalue weighted by Crippen LogP contribution is 2.21. The minimum absolute atomic E-state index is 0.127. The molecule has 2 aromatic carbocycles. The third-order valence-electron chi connectivity index (χ3n) is 5.19. The Morgan fingerprint density at radius 2 is 1.63 bits per heavy atom. The lowest BCUT2D eigenvalue weighted by Crippen LogP contribution is -2.48. The van der Waals surface area contributed by atoms with E-state index in [-0.39, 0.29) is 11.7 Å². The molecule has 1 fully saturated rings. The normalized spacial score (nSPS) is 15.3. The second-order valence-corrected chi connectivity index (χ2v) is 9.21. The number of carbonyl (C=O) groups is 1. The highest BCUT2D eigenvalue weighted by molar-refractivity contribution is 7.84. The van der Waals surface area contributed by atoms with Crippen molar-refractivity contribution in [1.82, 2.24) is 4.90 Å². The minimum Gasteiger partial charge on any atom is -0.455 e. The van der Waals surface area contributed by atoms with Crippen LogP contribution in [-0.4, -0.2) is 41.2 Å². The smallest absolute Gasteiger partial charge is 0.289 e. The van der Waals surface area contributed by atoms with Crippen molar-refractivity contribution in [2.75, 3.05) is 31.1 Å². The fourth-order valence-corrected chi connectivity index (χ4v) is 4.59. The van der Waals surface area contributed by atoms with Crippen LogP contribution in [0.3, 0.4) is 0 Å². The molecule has 7 heteroatoms. The van der Waals surface area contributed by atoms with E-state index in [9.17, 15) is 9.00 Å². The molecule has 5 nitrogen and oxygen atoms in total. The van der Waals surface area contributed by atoms with E-state index in [0.717, 1.165) is 29.2 Å². The van der Waals surface area contributed by atoms with Crippen LogP contribution in [-0.2, 0) is 16.6 Å². The first-order valence-electron chi connectivity index (χ1n) is 9.83. The predicted molar refractivity (Wildman–Crippen MR) is 120 cm³/mol. The van der Waals surface area contributed by atoms with Gasteiger partial charge in [-0.25, -0.2) is 0 Å². The number of anilines is 1. The van der Waals surface area contributed by atoms with Crippen LogP contribution in [0.5, 0.6) is 0 Å². The summed E-state index contributed by atoms with van der Waals surface area (Å²) in [5.74, 6) is 0.974. The van der Waals surface area contributed by atoms with Crippen LogP contribution in [0.25, 0.3) is 0 Å². The maximum Gasteiger partial charge on any atom is 0.289 e. The molecular weight excluding hydrogens is 420 g/mol. The molecule has 2 heterocycles. The molecule has 0 unspecified atom stereocenters. The zero-order valence-electron chi connectivity index (χ0n) is 16.7. The number of nitrogens with zero attached hydrogens (tertiary/aromatic N) is 2. The van der Waals surface area contributed by atoms with Gasteiger partial charge in [-0.15, -0.1) is 0 Å². The van der Waals surface area contributed by atoms with Crippen molar-refractivity contribution in [3.05, 3.63) is 82.8 Å². The van der Waals surface area contributed by atoms with E-state index in [2.05, 4.69) is 4.90 Å². The molecule has 1 aliphatic heterocycles. The van der Waals surface area contributed by atoms with E-state index in [1.165, 1.54) is 0 Å². The van der Waals surface area contributed by atoms with Crippen molar-refractivity contribution < 1.29 is 13.4 Å². The summed E-state index contributed by atoms with van der Waals surface area (Å²) in [5.41, 5.74) is 2.23. The zero-order chi connectivity index (χ0) is 21.1. The second-order valence-electron chi connectivity index (χ2n) is 7.32. The van der Waals surface area contributed by atoms with E-state index in [1.54, 1.807) is 17.0 Å². The minimum atomic E-state index is -1.21. The maximum atomic E-state index is 12.8. The summed E-state index contributed by atoms with van der Waals surface area (Å²) in [6, 6.07) is 18.8. The third-order valence-corrected chi connectivity index (χ3v) is 6.78. The molecule has 0 saturated carbocycles. The molecule has 0 spiro atoms. The van der Waals surface area contributed by atoms with E-state index in [1.807, 2.05) is 55.5 Å². The molecule has 0 aliphatic carbocycles. The number of carbonyl (C=O) groups excluding carboxylic acids is 1. The van der Waals surface area contributed by atoms with E-state index in [4.69, 9.17) is 16.0 Å². The van der Waals surface area contributed by atoms with E-state index in [0.29, 0.717) is 29.6 Å². The largest absolute Gasteiger partial charge is 0.455 e. The highest BCUT2D eigenvalue weighted by atomic mass is 35.5. The summed E-state index contributed by atoms with van der Waals surface area (Å²) >= 11 is 5.96. The molecule has 156 valence electrons. The van der Waals surface area contributed by atoms with Gasteiger partial charge in [0.1, 0.15) is 5.76 Å². The number of hydrogen-bond acceptors (Lipinski definition) is 4. The van der Waals surface area contributed by atoms with Gasteiger partial charge in [0, 0.05) is 41.8 Å². The van der Waals surface area contributed by atoms with Gasteiger partial charge < -0.3 is 14.2 Å². The van der Waals surface area contributed by atoms with Crippen LogP contribution in [0.4, 0.5) is 5.69 Å². The van der Waals surface area contributed by atoms with Gasteiger partial charge in [0.15, 0.2) is 5.76 Å². The number of benzene rings is 2. The van der Waals surface area contributed by atoms with Gasteiger partial charge in [-0.05, 0) is 55.5 Å². The molecule has 1 saturated heterocycles. The topological polar surface area (TPSA) is 53.8 Å². The second kappa shape index (κ2) is 9.06. The summed E-state index contributed by atoms with van der Waals surface area (Å²) in [7, 11) is -1.21. The Kier molecular flexibility index (Phi) is 6.25. The number of piperazine rings is 1. The van der Waals surface area contributed by atoms with Crippen molar-refractivity contribution >= 4 is 34.0 Å². The van der Waals surface area contributed by atoms with Gasteiger partial charge >= 0.3 is 0 Å². The predicted octanol–water partition coefficient (Wildman–Crippen LogP) is 4.51. The van der Waals surface area contributed by atoms with Crippen molar-refractivity contribution in [3.63, 3.8) is 0 Å². The number of rotatable bonds is 5. The molecule has 0 radical (unpaired) electrons. The Labute approximate surface area is 183 Å². The fourth-order valence-electron chi connectivity index (χ4n) is 3.45. The Morgan fingerprint density at radius 1 is 0.967 bits per heavy atom. The summed E-state index contributed by atoms with van der Waals surface area (Å²) in [5, 5.41) is 0.712. The van der Waals surface area contributed by atoms with Crippen LogP contribution in [0, 0.1) is 6.92 Å². The summed E-state index contributed by atoms with van der Waals surface area (Å²) in [4.78, 5) is 17.6. The number of aryl methyl sites for hydroxylation is 1. The first-order chi connectivity index (χ1) is 14.5. The lowest BCUT2D eigenvalue weighted by atomic mass is 10.2. The van der Waals surface area contributed by atoms with Crippen molar-refractivity contribution in [2.45, 2.75) is 17.6 Å². The number of halogens is 1. The molecule has 1 aromatic heterocycles. The lowest BCUT2D eigenvalue weighted by Gasteiger charge is -2.35. The zero-order valence-corrected chi connectivity index (χ0v) is 18.3. The first kappa shape index (κ1) is 20.7. The SMILES string of the molecule is Cc1ccc([S@@](=O)Cc2ccc(C(=O)N3CCN(c4ccc(Cl)cc4)CC3)o2)cc1. The van der Waals surface area contributed by atoms with E-state index >= 15 is 0 Å². The van der Waals surface area contributed by atoms with Crippen molar-refractivity contribution in [1.29, 1.82) is 0 Å². The van der Waals surface area contributed by atoms with Crippen LogP contribution >= 0.6 is 11.6 Å². The Hall–Kier alpha value is -2.57. The summed E-state index contributed by atoms with van der Waals surface area (Å²) in [6.45, 7) is 4.72. The molecular formula is C23H23ClN2O3S. The Bertz CT molecular complexity index is 1040. The van der Waals surface area contributed by atoms with Crippen LogP contribution in [0.1, 0.15) is 21.9 Å². The van der Waals surface area contributed by atoms with Gasteiger partial charge in [-0.3, -0.25) is 9.00 Å². The van der Waals surface area contributed by atoms with Crippen LogP contribution in [0.2, 0.25) is 5.02 Å². The lowest BCUT2D eigenvalue weighted by molar-refractivity contribution is 0.0713. The van der Waals surface area contributed by atoms with Crippen LogP contribution in [0.15, 0.2) is 70.0 Å². The van der Waals surface area contributed by atoms with Crippen LogP contribution < -0.4 is 4.90 Å². The average molecular weight is 443 g/mol. The van der Waals surface area contributed by atoms with E-state index < -0.39 is 10.8 Å². The number of amides is 1. The Morgan fingerprint density at radius 3 is 2.30 bits per heavy atom. The molecule has 4 rings (SSSR count).